The van der Waals surface area contributed by atoms with E-state index in [2.05, 4.69) is 15.5 Å². The Bertz CT molecular complexity index is 841. The lowest BCUT2D eigenvalue weighted by Crippen LogP contribution is -2.23. The van der Waals surface area contributed by atoms with Crippen LogP contribution in [0.2, 0.25) is 0 Å². The normalized spacial score (nSPS) is 11.6. The molecule has 0 unspecified atom stereocenters. The van der Waals surface area contributed by atoms with Crippen LogP contribution in [0, 0.1) is 0 Å². The Kier molecular flexibility index (Phi) is 5.75. The molecular weight excluding hydrogens is 330 g/mol. The van der Waals surface area contributed by atoms with Crippen molar-refractivity contribution in [1.82, 2.24) is 15.5 Å². The van der Waals surface area contributed by atoms with Crippen LogP contribution in [0.1, 0.15) is 17.4 Å². The van der Waals surface area contributed by atoms with Crippen LogP contribution >= 0.6 is 0 Å². The lowest BCUT2D eigenvalue weighted by molar-refractivity contribution is 0.0953. The summed E-state index contributed by atoms with van der Waals surface area (Å²) in [5.41, 5.74) is 1.74. The molecule has 1 aromatic heterocycles. The molecular formula is C16H19N3O4S. The van der Waals surface area contributed by atoms with Crippen LogP contribution in [0.15, 0.2) is 41.8 Å². The van der Waals surface area contributed by atoms with E-state index in [9.17, 15) is 13.2 Å². The van der Waals surface area contributed by atoms with Gasteiger partial charge in [0.25, 0.3) is 5.91 Å². The average molecular weight is 349 g/mol. The van der Waals surface area contributed by atoms with E-state index in [1.54, 1.807) is 6.07 Å². The summed E-state index contributed by atoms with van der Waals surface area (Å²) < 4.78 is 27.3. The van der Waals surface area contributed by atoms with Crippen molar-refractivity contribution in [2.45, 2.75) is 6.92 Å². The number of nitrogens with one attached hydrogen (secondary N) is 2. The van der Waals surface area contributed by atoms with Crippen molar-refractivity contribution in [3.8, 4) is 17.0 Å². The lowest BCUT2D eigenvalue weighted by Gasteiger charge is -2.03. The molecule has 0 fully saturated rings. The first-order valence-electron chi connectivity index (χ1n) is 7.32. The molecule has 2 aromatic rings. The van der Waals surface area contributed by atoms with Crippen LogP contribution in [0.4, 0.5) is 0 Å². The van der Waals surface area contributed by atoms with E-state index in [1.807, 2.05) is 31.2 Å². The van der Waals surface area contributed by atoms with Crippen molar-refractivity contribution >= 4 is 15.7 Å². The van der Waals surface area contributed by atoms with Gasteiger partial charge in [0.05, 0.1) is 12.3 Å². The first-order valence-corrected chi connectivity index (χ1v) is 9.28. The van der Waals surface area contributed by atoms with E-state index in [-0.39, 0.29) is 12.5 Å². The number of nitrogens with zero attached hydrogens (tertiary/aromatic N) is 1. The molecule has 7 nitrogen and oxygen atoms in total. The summed E-state index contributed by atoms with van der Waals surface area (Å²) in [6.45, 7) is 2.58. The van der Waals surface area contributed by atoms with Gasteiger partial charge in [-0.2, -0.15) is 5.10 Å². The number of amides is 1. The Labute approximate surface area is 140 Å². The fourth-order valence-electron chi connectivity index (χ4n) is 1.97. The Balaban J connectivity index is 2.03. The maximum atomic E-state index is 12.0. The van der Waals surface area contributed by atoms with E-state index in [4.69, 9.17) is 4.74 Å². The molecule has 0 atom stereocenters. The summed E-state index contributed by atoms with van der Waals surface area (Å²) in [5, 5.41) is 10.4. The molecule has 128 valence electrons. The summed E-state index contributed by atoms with van der Waals surface area (Å²) in [6, 6.07) is 9.04. The number of aromatic nitrogens is 2. The number of carbonyl (C=O) groups excluding carboxylic acids is 1. The third-order valence-electron chi connectivity index (χ3n) is 2.99. The van der Waals surface area contributed by atoms with Gasteiger partial charge in [-0.25, -0.2) is 8.42 Å². The Morgan fingerprint density at radius 2 is 2.17 bits per heavy atom. The summed E-state index contributed by atoms with van der Waals surface area (Å²) in [6.07, 6.45) is 2.46. The molecule has 24 heavy (non-hydrogen) atoms. The maximum absolute atomic E-state index is 12.0. The minimum atomic E-state index is -3.19. The highest BCUT2D eigenvalue weighted by Crippen LogP contribution is 2.22. The van der Waals surface area contributed by atoms with Crippen molar-refractivity contribution in [3.05, 3.63) is 47.5 Å². The van der Waals surface area contributed by atoms with Crippen molar-refractivity contribution in [2.24, 2.45) is 0 Å². The summed E-state index contributed by atoms with van der Waals surface area (Å²) >= 11 is 0. The molecule has 0 aliphatic heterocycles. The Morgan fingerprint density at radius 3 is 2.88 bits per heavy atom. The van der Waals surface area contributed by atoms with Gasteiger partial charge >= 0.3 is 0 Å². The van der Waals surface area contributed by atoms with E-state index >= 15 is 0 Å². The molecule has 0 aliphatic carbocycles. The SMILES string of the molecule is CCOc1cccc(-c2cc(C(=O)NC/C=C/S(C)(=O)=O)[nH]n2)c1. The number of hydrogen-bond donors (Lipinski definition) is 2. The first-order chi connectivity index (χ1) is 11.4. The summed E-state index contributed by atoms with van der Waals surface area (Å²) in [4.78, 5) is 12.0. The molecule has 0 bridgehead atoms. The van der Waals surface area contributed by atoms with Gasteiger partial charge in [0, 0.05) is 23.8 Å². The fraction of sp³-hybridized carbons (Fsp3) is 0.250. The van der Waals surface area contributed by atoms with Gasteiger partial charge in [0.1, 0.15) is 11.4 Å². The predicted molar refractivity (Wildman–Crippen MR) is 91.5 cm³/mol. The number of benzene rings is 1. The molecule has 0 spiro atoms. The maximum Gasteiger partial charge on any atom is 0.269 e. The largest absolute Gasteiger partial charge is 0.494 e. The number of hydrogen-bond acceptors (Lipinski definition) is 5. The van der Waals surface area contributed by atoms with Gasteiger partial charge in [0.2, 0.25) is 0 Å². The number of carbonyl (C=O) groups is 1. The van der Waals surface area contributed by atoms with Gasteiger partial charge < -0.3 is 10.1 Å². The topological polar surface area (TPSA) is 101 Å². The van der Waals surface area contributed by atoms with Crippen molar-refractivity contribution in [3.63, 3.8) is 0 Å². The van der Waals surface area contributed by atoms with Gasteiger partial charge in [-0.1, -0.05) is 18.2 Å². The number of H-pyrrole nitrogens is 1. The number of ether oxygens (including phenoxy) is 1. The highest BCUT2D eigenvalue weighted by molar-refractivity contribution is 7.93. The molecule has 8 heteroatoms. The number of sulfone groups is 1. The molecule has 0 saturated carbocycles. The second-order valence-electron chi connectivity index (χ2n) is 5.04. The molecule has 1 heterocycles. The quantitative estimate of drug-likeness (QED) is 0.793. The zero-order valence-electron chi connectivity index (χ0n) is 13.4. The predicted octanol–water partition coefficient (Wildman–Crippen LogP) is 1.76. The minimum absolute atomic E-state index is 0.111. The van der Waals surface area contributed by atoms with E-state index < -0.39 is 9.84 Å². The van der Waals surface area contributed by atoms with Crippen molar-refractivity contribution < 1.29 is 17.9 Å². The lowest BCUT2D eigenvalue weighted by atomic mass is 10.1. The average Bonchev–Trinajstić information content (AvgIpc) is 3.01. The molecule has 2 N–H and O–H groups in total. The van der Waals surface area contributed by atoms with E-state index in [0.29, 0.717) is 18.0 Å². The van der Waals surface area contributed by atoms with E-state index in [1.165, 1.54) is 6.08 Å². The zero-order valence-corrected chi connectivity index (χ0v) is 14.3. The number of aromatic amines is 1. The van der Waals surface area contributed by atoms with Crippen LogP contribution in [-0.2, 0) is 9.84 Å². The third kappa shape index (κ3) is 5.24. The number of rotatable bonds is 7. The van der Waals surface area contributed by atoms with E-state index in [0.717, 1.165) is 23.0 Å². The molecule has 0 saturated heterocycles. The van der Waals surface area contributed by atoms with Crippen LogP contribution in [0.25, 0.3) is 11.3 Å². The van der Waals surface area contributed by atoms with Crippen LogP contribution in [0.5, 0.6) is 5.75 Å². The summed E-state index contributed by atoms with van der Waals surface area (Å²) in [5.74, 6) is 0.364. The highest BCUT2D eigenvalue weighted by atomic mass is 32.2. The molecule has 1 amide bonds. The minimum Gasteiger partial charge on any atom is -0.494 e. The monoisotopic (exact) mass is 349 g/mol. The molecule has 0 radical (unpaired) electrons. The molecule has 0 aliphatic rings. The van der Waals surface area contributed by atoms with Gasteiger partial charge in [-0.3, -0.25) is 9.89 Å². The van der Waals surface area contributed by atoms with Crippen LogP contribution in [0.3, 0.4) is 0 Å². The van der Waals surface area contributed by atoms with Gasteiger partial charge in [-0.05, 0) is 25.1 Å². The third-order valence-corrected chi connectivity index (χ3v) is 3.67. The van der Waals surface area contributed by atoms with Crippen molar-refractivity contribution in [1.29, 1.82) is 0 Å². The van der Waals surface area contributed by atoms with Gasteiger partial charge in [-0.15, -0.1) is 0 Å². The first kappa shape index (κ1) is 17.7. The second kappa shape index (κ2) is 7.78. The second-order valence-corrected chi connectivity index (χ2v) is 6.97. The zero-order chi connectivity index (χ0) is 17.6. The Morgan fingerprint density at radius 1 is 1.38 bits per heavy atom. The standard InChI is InChI=1S/C16H19N3O4S/c1-3-23-13-7-4-6-12(10-13)14-11-15(19-18-14)16(20)17-8-5-9-24(2,21)22/h4-7,9-11H,3,8H2,1-2H3,(H,17,20)(H,18,19)/b9-5+. The summed E-state index contributed by atoms with van der Waals surface area (Å²) in [7, 11) is -3.19. The highest BCUT2D eigenvalue weighted by Gasteiger charge is 2.10. The van der Waals surface area contributed by atoms with Gasteiger partial charge in [0.15, 0.2) is 9.84 Å². The van der Waals surface area contributed by atoms with Crippen LogP contribution < -0.4 is 10.1 Å². The molecule has 2 rings (SSSR count). The van der Waals surface area contributed by atoms with Crippen LogP contribution in [-0.4, -0.2) is 43.9 Å². The Hall–Kier alpha value is -2.61. The fourth-order valence-corrected chi connectivity index (χ4v) is 2.41. The van der Waals surface area contributed by atoms with Crippen molar-refractivity contribution in [2.75, 3.05) is 19.4 Å². The smallest absolute Gasteiger partial charge is 0.269 e. The molecule has 1 aromatic carbocycles.